The molecule has 6 nitrogen and oxygen atoms in total. The van der Waals surface area contributed by atoms with Gasteiger partial charge in [-0.25, -0.2) is 9.59 Å². The molecule has 0 aliphatic heterocycles. The second-order valence-corrected chi connectivity index (χ2v) is 3.40. The number of aliphatic carboxylic acids is 2. The molecule has 0 bridgehead atoms. The van der Waals surface area contributed by atoms with Crippen molar-refractivity contribution in [2.24, 2.45) is 0 Å². The van der Waals surface area contributed by atoms with Crippen molar-refractivity contribution in [3.8, 4) is 6.07 Å². The third-order valence-electron chi connectivity index (χ3n) is 2.05. The molecule has 96 valence electrons. The minimum absolute atomic E-state index is 0.558. The Morgan fingerprint density at radius 1 is 1.16 bits per heavy atom. The van der Waals surface area contributed by atoms with Gasteiger partial charge in [0.05, 0.1) is 11.6 Å². The van der Waals surface area contributed by atoms with E-state index in [-0.39, 0.29) is 0 Å². The number of fused-ring (bicyclic) bond motifs is 1. The molecule has 2 rings (SSSR count). The lowest BCUT2D eigenvalue weighted by Crippen LogP contribution is -1.91. The van der Waals surface area contributed by atoms with Gasteiger partial charge in [-0.3, -0.25) is 0 Å². The number of nitrogens with one attached hydrogen (secondary N) is 1. The summed E-state index contributed by atoms with van der Waals surface area (Å²) in [6.45, 7) is 0. The molecule has 0 atom stereocenters. The van der Waals surface area contributed by atoms with E-state index in [1.807, 2.05) is 30.5 Å². The molecular formula is C13H10N2O4. The fourth-order valence-electron chi connectivity index (χ4n) is 1.26. The van der Waals surface area contributed by atoms with Crippen molar-refractivity contribution in [2.45, 2.75) is 0 Å². The summed E-state index contributed by atoms with van der Waals surface area (Å²) in [5, 5.41) is 25.3. The average Bonchev–Trinajstić information content (AvgIpc) is 2.84. The summed E-state index contributed by atoms with van der Waals surface area (Å²) in [7, 11) is 0. The summed E-state index contributed by atoms with van der Waals surface area (Å²) in [6.07, 6.45) is 2.98. The van der Waals surface area contributed by atoms with Crippen LogP contribution in [0.3, 0.4) is 0 Å². The van der Waals surface area contributed by atoms with E-state index in [1.165, 1.54) is 0 Å². The Kier molecular flexibility index (Phi) is 4.87. The molecule has 0 radical (unpaired) electrons. The molecule has 3 N–H and O–H groups in total. The van der Waals surface area contributed by atoms with Gasteiger partial charge in [0.2, 0.25) is 0 Å². The highest BCUT2D eigenvalue weighted by Gasteiger charge is 1.94. The van der Waals surface area contributed by atoms with E-state index < -0.39 is 11.9 Å². The number of aromatic amines is 1. The van der Waals surface area contributed by atoms with Gasteiger partial charge in [-0.2, -0.15) is 5.26 Å². The van der Waals surface area contributed by atoms with Gasteiger partial charge in [0.15, 0.2) is 0 Å². The first-order valence-corrected chi connectivity index (χ1v) is 5.14. The van der Waals surface area contributed by atoms with Gasteiger partial charge in [0.25, 0.3) is 0 Å². The highest BCUT2D eigenvalue weighted by molar-refractivity contribution is 5.89. The quantitative estimate of drug-likeness (QED) is 0.710. The van der Waals surface area contributed by atoms with Crippen molar-refractivity contribution in [1.29, 1.82) is 5.26 Å². The highest BCUT2D eigenvalue weighted by Crippen LogP contribution is 2.12. The fraction of sp³-hybridized carbons (Fsp3) is 0. The standard InChI is InChI=1S/C9H6N2.C4H4O4/c10-6-7-1-2-8-3-4-11-9(8)5-7;5-3(6)1-2-4(7)8/h1-5,11H;1-2H,(H,5,6)(H,7,8)/b;2-1-. The molecule has 2 aromatic rings. The van der Waals surface area contributed by atoms with Gasteiger partial charge in [-0.05, 0) is 23.6 Å². The summed E-state index contributed by atoms with van der Waals surface area (Å²) in [5.41, 5.74) is 1.71. The molecule has 0 amide bonds. The lowest BCUT2D eigenvalue weighted by atomic mass is 10.2. The van der Waals surface area contributed by atoms with Crippen molar-refractivity contribution in [3.63, 3.8) is 0 Å². The lowest BCUT2D eigenvalue weighted by Gasteiger charge is -1.88. The molecule has 0 fully saturated rings. The summed E-state index contributed by atoms with van der Waals surface area (Å²) >= 11 is 0. The molecule has 6 heteroatoms. The van der Waals surface area contributed by atoms with Crippen LogP contribution in [0.15, 0.2) is 42.6 Å². The topological polar surface area (TPSA) is 114 Å². The van der Waals surface area contributed by atoms with Crippen molar-refractivity contribution in [2.75, 3.05) is 0 Å². The first-order valence-electron chi connectivity index (χ1n) is 5.14. The van der Waals surface area contributed by atoms with Crippen molar-refractivity contribution >= 4 is 22.8 Å². The summed E-state index contributed by atoms with van der Waals surface area (Å²) < 4.78 is 0. The monoisotopic (exact) mass is 258 g/mol. The zero-order chi connectivity index (χ0) is 14.3. The Morgan fingerprint density at radius 3 is 2.32 bits per heavy atom. The Balaban J connectivity index is 0.000000203. The maximum absolute atomic E-state index is 9.55. The molecule has 0 unspecified atom stereocenters. The van der Waals surface area contributed by atoms with E-state index in [2.05, 4.69) is 11.1 Å². The van der Waals surface area contributed by atoms with Crippen molar-refractivity contribution < 1.29 is 19.8 Å². The molecule has 0 saturated heterocycles. The van der Waals surface area contributed by atoms with Crippen LogP contribution in [0.5, 0.6) is 0 Å². The Bertz CT molecular complexity index is 649. The van der Waals surface area contributed by atoms with E-state index in [4.69, 9.17) is 15.5 Å². The average molecular weight is 258 g/mol. The van der Waals surface area contributed by atoms with Gasteiger partial charge >= 0.3 is 11.9 Å². The van der Waals surface area contributed by atoms with Crippen LogP contribution >= 0.6 is 0 Å². The molecular weight excluding hydrogens is 248 g/mol. The van der Waals surface area contributed by atoms with Gasteiger partial charge in [-0.15, -0.1) is 0 Å². The summed E-state index contributed by atoms with van der Waals surface area (Å²) in [6, 6.07) is 9.66. The number of aromatic nitrogens is 1. The molecule has 0 aliphatic carbocycles. The number of H-pyrrole nitrogens is 1. The second-order valence-electron chi connectivity index (χ2n) is 3.40. The largest absolute Gasteiger partial charge is 0.478 e. The smallest absolute Gasteiger partial charge is 0.328 e. The molecule has 0 aliphatic rings. The number of carboxylic acid groups (broad SMARTS) is 2. The number of nitriles is 1. The van der Waals surface area contributed by atoms with E-state index in [1.54, 1.807) is 0 Å². The van der Waals surface area contributed by atoms with Crippen LogP contribution < -0.4 is 0 Å². The van der Waals surface area contributed by atoms with Crippen LogP contribution in [-0.2, 0) is 9.59 Å². The molecule has 1 aromatic carbocycles. The van der Waals surface area contributed by atoms with Crippen LogP contribution in [0.25, 0.3) is 10.9 Å². The van der Waals surface area contributed by atoms with Crippen LogP contribution in [-0.4, -0.2) is 27.1 Å². The second kappa shape index (κ2) is 6.61. The van der Waals surface area contributed by atoms with Crippen LogP contribution in [0.1, 0.15) is 5.56 Å². The number of hydrogen-bond donors (Lipinski definition) is 3. The third kappa shape index (κ3) is 4.75. The minimum Gasteiger partial charge on any atom is -0.478 e. The molecule has 19 heavy (non-hydrogen) atoms. The molecule has 1 heterocycles. The fourth-order valence-corrected chi connectivity index (χ4v) is 1.26. The van der Waals surface area contributed by atoms with Gasteiger partial charge < -0.3 is 15.2 Å². The van der Waals surface area contributed by atoms with Crippen LogP contribution in [0.2, 0.25) is 0 Å². The third-order valence-corrected chi connectivity index (χ3v) is 2.05. The maximum Gasteiger partial charge on any atom is 0.328 e. The molecule has 1 aromatic heterocycles. The number of benzene rings is 1. The summed E-state index contributed by atoms with van der Waals surface area (Å²) in [4.78, 5) is 22.2. The summed E-state index contributed by atoms with van der Waals surface area (Å²) in [5.74, 6) is -2.51. The molecule has 0 saturated carbocycles. The zero-order valence-corrected chi connectivity index (χ0v) is 9.70. The van der Waals surface area contributed by atoms with Crippen LogP contribution in [0, 0.1) is 11.3 Å². The Hall–Kier alpha value is -3.07. The van der Waals surface area contributed by atoms with Crippen molar-refractivity contribution in [3.05, 3.63) is 48.2 Å². The molecule has 0 spiro atoms. The van der Waals surface area contributed by atoms with Crippen LogP contribution in [0.4, 0.5) is 0 Å². The first kappa shape index (κ1) is 14.0. The normalized spacial score (nSPS) is 9.63. The highest BCUT2D eigenvalue weighted by atomic mass is 16.4. The first-order chi connectivity index (χ1) is 9.02. The minimum atomic E-state index is -1.26. The predicted octanol–water partition coefficient (Wildman–Crippen LogP) is 1.75. The Morgan fingerprint density at radius 2 is 1.79 bits per heavy atom. The van der Waals surface area contributed by atoms with Crippen molar-refractivity contribution in [1.82, 2.24) is 4.98 Å². The van der Waals surface area contributed by atoms with E-state index in [0.29, 0.717) is 17.7 Å². The van der Waals surface area contributed by atoms with Gasteiger partial charge in [0.1, 0.15) is 0 Å². The van der Waals surface area contributed by atoms with E-state index >= 15 is 0 Å². The Labute approximate surface area is 108 Å². The number of rotatable bonds is 2. The lowest BCUT2D eigenvalue weighted by molar-refractivity contribution is -0.134. The number of nitrogens with zero attached hydrogens (tertiary/aromatic N) is 1. The SMILES string of the molecule is N#Cc1ccc2cc[nH]c2c1.O=C(O)/C=C\C(=O)O. The number of carbonyl (C=O) groups is 2. The number of carboxylic acids is 2. The van der Waals surface area contributed by atoms with Gasteiger partial charge in [0, 0.05) is 23.9 Å². The van der Waals surface area contributed by atoms with Gasteiger partial charge in [-0.1, -0.05) is 6.07 Å². The maximum atomic E-state index is 9.55. The van der Waals surface area contributed by atoms with E-state index in [0.717, 1.165) is 10.9 Å². The predicted molar refractivity (Wildman–Crippen MR) is 67.4 cm³/mol. The zero-order valence-electron chi connectivity index (χ0n) is 9.70. The van der Waals surface area contributed by atoms with E-state index in [9.17, 15) is 9.59 Å². The number of hydrogen-bond acceptors (Lipinski definition) is 3.